The monoisotopic (exact) mass is 95.0 g/mol. The van der Waals surface area contributed by atoms with Gasteiger partial charge < -0.3 is 10.1 Å². The van der Waals surface area contributed by atoms with E-state index in [0.717, 1.165) is 0 Å². The van der Waals surface area contributed by atoms with Gasteiger partial charge in [-0.3, -0.25) is 0 Å². The van der Waals surface area contributed by atoms with Crippen molar-refractivity contribution in [3.05, 3.63) is 11.4 Å². The summed E-state index contributed by atoms with van der Waals surface area (Å²) in [6.07, 6.45) is 0. The number of oxime groups is 1. The van der Waals surface area contributed by atoms with E-state index in [2.05, 4.69) is 10.0 Å². The minimum atomic E-state index is -0.542. The fraction of sp³-hybridized carbons (Fsp3) is 0. The minimum absolute atomic E-state index is 0.542. The Kier molecular flexibility index (Phi) is 2.08. The summed E-state index contributed by atoms with van der Waals surface area (Å²) in [7, 11) is 0. The summed E-state index contributed by atoms with van der Waals surface area (Å²) >= 11 is 0. The molecule has 0 saturated carbocycles. The summed E-state index contributed by atoms with van der Waals surface area (Å²) in [5.74, 6) is -0.542. The molecule has 0 aromatic carbocycles. The fourth-order valence-electron chi connectivity index (χ4n) is 0.0697. The zero-order valence-electron chi connectivity index (χ0n) is 3.29. The second-order valence-electron chi connectivity index (χ2n) is 0.647. The Balaban J connectivity index is 4.03. The Morgan fingerprint density at radius 2 is 2.57 bits per heavy atom. The van der Waals surface area contributed by atoms with Gasteiger partial charge in [0.1, 0.15) is 6.07 Å². The Bertz CT molecular complexity index is 142. The summed E-state index contributed by atoms with van der Waals surface area (Å²) in [6.45, 7) is 6.07. The van der Waals surface area contributed by atoms with Gasteiger partial charge in [0.2, 0.25) is 0 Å². The molecule has 0 aliphatic carbocycles. The lowest BCUT2D eigenvalue weighted by Crippen LogP contribution is -1.80. The molecule has 0 bridgehead atoms. The van der Waals surface area contributed by atoms with Crippen molar-refractivity contribution in [2.45, 2.75) is 0 Å². The smallest absolute Gasteiger partial charge is 0.348 e. The number of nitrogens with zero attached hydrogens (tertiary/aromatic N) is 3. The van der Waals surface area contributed by atoms with Crippen LogP contribution in [0.3, 0.4) is 0 Å². The van der Waals surface area contributed by atoms with E-state index in [4.69, 9.17) is 17.0 Å². The standard InChI is InChI=1S/C3HN3O/c1-5-3(2-4)6-7/h7H/b6-3-. The van der Waals surface area contributed by atoms with Gasteiger partial charge in [-0.05, 0) is 0 Å². The Hall–Kier alpha value is -1.55. The van der Waals surface area contributed by atoms with Crippen molar-refractivity contribution < 1.29 is 5.21 Å². The highest BCUT2D eigenvalue weighted by Crippen LogP contribution is 1.71. The SMILES string of the molecule is [C-]#[N+]/C(C#N)=N\O. The first kappa shape index (κ1) is 5.45. The Morgan fingerprint density at radius 1 is 2.00 bits per heavy atom. The fourth-order valence-corrected chi connectivity index (χ4v) is 0.0697. The summed E-state index contributed by atoms with van der Waals surface area (Å²) in [4.78, 5) is 2.51. The molecule has 4 nitrogen and oxygen atoms in total. The van der Waals surface area contributed by atoms with E-state index < -0.39 is 5.84 Å². The molecule has 34 valence electrons. The molecule has 0 rings (SSSR count). The van der Waals surface area contributed by atoms with Crippen molar-refractivity contribution in [1.82, 2.24) is 0 Å². The molecular weight excluding hydrogens is 94.1 g/mol. The summed E-state index contributed by atoms with van der Waals surface area (Å²) in [6, 6.07) is 1.35. The van der Waals surface area contributed by atoms with E-state index in [-0.39, 0.29) is 0 Å². The first-order valence-corrected chi connectivity index (χ1v) is 1.34. The van der Waals surface area contributed by atoms with Crippen LogP contribution in [0.4, 0.5) is 0 Å². The maximum Gasteiger partial charge on any atom is 0.392 e. The third-order valence-corrected chi connectivity index (χ3v) is 0.301. The topological polar surface area (TPSA) is 60.7 Å². The molecule has 7 heavy (non-hydrogen) atoms. The van der Waals surface area contributed by atoms with Crippen LogP contribution in [0.15, 0.2) is 5.16 Å². The van der Waals surface area contributed by atoms with Crippen molar-refractivity contribution in [1.29, 1.82) is 5.26 Å². The Labute approximate surface area is 40.1 Å². The van der Waals surface area contributed by atoms with Gasteiger partial charge in [0.15, 0.2) is 0 Å². The van der Waals surface area contributed by atoms with Crippen LogP contribution in [-0.4, -0.2) is 11.0 Å². The first-order chi connectivity index (χ1) is 3.35. The summed E-state index contributed by atoms with van der Waals surface area (Å²) in [5.41, 5.74) is 0. The molecule has 0 unspecified atom stereocenters. The molecule has 0 aliphatic heterocycles. The van der Waals surface area contributed by atoms with Gasteiger partial charge in [0.05, 0.1) is 5.16 Å². The number of nitriles is 1. The third-order valence-electron chi connectivity index (χ3n) is 0.301. The highest BCUT2D eigenvalue weighted by atomic mass is 16.4. The van der Waals surface area contributed by atoms with E-state index >= 15 is 0 Å². The molecule has 0 saturated heterocycles. The van der Waals surface area contributed by atoms with Crippen LogP contribution in [0.25, 0.3) is 4.85 Å². The number of hydrogen-bond donors (Lipinski definition) is 1. The molecule has 0 aromatic heterocycles. The van der Waals surface area contributed by atoms with Gasteiger partial charge in [0.25, 0.3) is 0 Å². The van der Waals surface area contributed by atoms with Crippen LogP contribution < -0.4 is 0 Å². The molecule has 0 aromatic rings. The molecule has 1 N–H and O–H groups in total. The van der Waals surface area contributed by atoms with Crippen molar-refractivity contribution in [2.24, 2.45) is 5.16 Å². The lowest BCUT2D eigenvalue weighted by atomic mass is 10.7. The van der Waals surface area contributed by atoms with Crippen LogP contribution in [0, 0.1) is 17.9 Å². The van der Waals surface area contributed by atoms with Crippen molar-refractivity contribution >= 4 is 5.84 Å². The van der Waals surface area contributed by atoms with Gasteiger partial charge >= 0.3 is 5.84 Å². The van der Waals surface area contributed by atoms with E-state index in [1.165, 1.54) is 6.07 Å². The van der Waals surface area contributed by atoms with E-state index in [9.17, 15) is 0 Å². The molecule has 0 aliphatic rings. The van der Waals surface area contributed by atoms with E-state index in [1.807, 2.05) is 0 Å². The molecule has 0 spiro atoms. The second kappa shape index (κ2) is 2.67. The van der Waals surface area contributed by atoms with Gasteiger partial charge in [-0.1, -0.05) is 6.57 Å². The average molecular weight is 95.1 g/mol. The molecule has 0 heterocycles. The predicted molar refractivity (Wildman–Crippen MR) is 21.4 cm³/mol. The molecular formula is C3HN3O. The van der Waals surface area contributed by atoms with Gasteiger partial charge in [-0.25, -0.2) is 5.26 Å². The second-order valence-corrected chi connectivity index (χ2v) is 0.647. The molecule has 4 heteroatoms. The normalized spacial score (nSPS) is 9.14. The molecule has 0 radical (unpaired) electrons. The highest BCUT2D eigenvalue weighted by Gasteiger charge is 1.88. The maximum atomic E-state index is 7.77. The van der Waals surface area contributed by atoms with Crippen molar-refractivity contribution in [3.63, 3.8) is 0 Å². The zero-order valence-corrected chi connectivity index (χ0v) is 3.29. The predicted octanol–water partition coefficient (Wildman–Crippen LogP) is 0.217. The third kappa shape index (κ3) is 1.35. The molecule has 0 atom stereocenters. The summed E-state index contributed by atoms with van der Waals surface area (Å²) < 4.78 is 0. The number of rotatable bonds is 0. The number of hydrogen-bond acceptors (Lipinski definition) is 3. The van der Waals surface area contributed by atoms with Crippen LogP contribution in [-0.2, 0) is 0 Å². The van der Waals surface area contributed by atoms with Crippen LogP contribution in [0.5, 0.6) is 0 Å². The van der Waals surface area contributed by atoms with Crippen LogP contribution >= 0.6 is 0 Å². The zero-order chi connectivity index (χ0) is 5.70. The van der Waals surface area contributed by atoms with Gasteiger partial charge in [-0.2, -0.15) is 0 Å². The largest absolute Gasteiger partial charge is 0.392 e. The Morgan fingerprint density at radius 3 is 2.57 bits per heavy atom. The van der Waals surface area contributed by atoms with E-state index in [1.54, 1.807) is 0 Å². The van der Waals surface area contributed by atoms with Crippen molar-refractivity contribution in [2.75, 3.05) is 0 Å². The van der Waals surface area contributed by atoms with Crippen LogP contribution in [0.1, 0.15) is 0 Å². The minimum Gasteiger partial charge on any atom is -0.348 e. The van der Waals surface area contributed by atoms with Gasteiger partial charge in [0, 0.05) is 0 Å². The average Bonchev–Trinajstić information content (AvgIpc) is 1.72. The molecule has 0 amide bonds. The quantitative estimate of drug-likeness (QED) is 0.154. The van der Waals surface area contributed by atoms with Crippen molar-refractivity contribution in [3.8, 4) is 6.07 Å². The lowest BCUT2D eigenvalue weighted by Gasteiger charge is -1.66. The maximum absolute atomic E-state index is 7.77. The first-order valence-electron chi connectivity index (χ1n) is 1.34. The van der Waals surface area contributed by atoms with Gasteiger partial charge in [-0.15, -0.1) is 0 Å². The lowest BCUT2D eigenvalue weighted by molar-refractivity contribution is 0.320. The van der Waals surface area contributed by atoms with Crippen LogP contribution in [0.2, 0.25) is 0 Å². The summed E-state index contributed by atoms with van der Waals surface area (Å²) in [5, 5.41) is 17.8. The van der Waals surface area contributed by atoms with E-state index in [0.29, 0.717) is 0 Å². The number of amidine groups is 1. The highest BCUT2D eigenvalue weighted by molar-refractivity contribution is 6.03. The molecule has 0 fully saturated rings.